The van der Waals surface area contributed by atoms with Gasteiger partial charge in [-0.25, -0.2) is 0 Å². The zero-order chi connectivity index (χ0) is 19.3. The monoisotopic (exact) mass is 504 g/mol. The third-order valence-electron chi connectivity index (χ3n) is 4.97. The molecule has 1 heterocycles. The first-order valence-electron chi connectivity index (χ1n) is 10.2. The number of likely N-dealkylation sites (tertiary alicyclic amines) is 1. The van der Waals surface area contributed by atoms with E-state index < -0.39 is 0 Å². The van der Waals surface area contributed by atoms with Gasteiger partial charge in [0.05, 0.1) is 20.3 Å². The lowest BCUT2D eigenvalue weighted by Crippen LogP contribution is -2.49. The van der Waals surface area contributed by atoms with E-state index in [4.69, 9.17) is 9.47 Å². The topological polar surface area (TPSA) is 58.1 Å². The lowest BCUT2D eigenvalue weighted by atomic mass is 10.0. The van der Waals surface area contributed by atoms with Crippen LogP contribution < -0.4 is 15.4 Å². The van der Waals surface area contributed by atoms with E-state index in [2.05, 4.69) is 27.4 Å². The van der Waals surface area contributed by atoms with Crippen molar-refractivity contribution in [1.82, 2.24) is 15.5 Å². The van der Waals surface area contributed by atoms with Crippen molar-refractivity contribution in [1.29, 1.82) is 0 Å². The fourth-order valence-corrected chi connectivity index (χ4v) is 3.32. The molecule has 1 saturated heterocycles. The number of benzene rings is 1. The number of aliphatic imine (C=N–C) groups is 1. The highest BCUT2D eigenvalue weighted by molar-refractivity contribution is 14.0. The first kappa shape index (κ1) is 25.0. The Kier molecular flexibility index (Phi) is 13.3. The predicted octanol–water partition coefficient (Wildman–Crippen LogP) is 3.26. The van der Waals surface area contributed by atoms with Gasteiger partial charge in [-0.3, -0.25) is 4.99 Å². The summed E-state index contributed by atoms with van der Waals surface area (Å²) in [6, 6.07) is 8.45. The molecule has 0 atom stereocenters. The zero-order valence-corrected chi connectivity index (χ0v) is 19.9. The van der Waals surface area contributed by atoms with E-state index >= 15 is 0 Å². The van der Waals surface area contributed by atoms with Gasteiger partial charge in [0.15, 0.2) is 5.96 Å². The number of nitrogens with zero attached hydrogens (tertiary/aromatic N) is 2. The number of rotatable bonds is 10. The second-order valence-electron chi connectivity index (χ2n) is 6.98. The van der Waals surface area contributed by atoms with Crippen LogP contribution in [-0.2, 0) is 11.3 Å². The third-order valence-corrected chi connectivity index (χ3v) is 4.97. The predicted molar refractivity (Wildman–Crippen MR) is 127 cm³/mol. The summed E-state index contributed by atoms with van der Waals surface area (Å²) in [5.74, 6) is 1.73. The van der Waals surface area contributed by atoms with Crippen molar-refractivity contribution in [2.24, 2.45) is 4.99 Å². The molecule has 0 saturated carbocycles. The molecule has 0 amide bonds. The Morgan fingerprint density at radius 3 is 2.68 bits per heavy atom. The van der Waals surface area contributed by atoms with Gasteiger partial charge in [0, 0.05) is 38.3 Å². The number of unbranched alkanes of at least 4 members (excludes halogenated alkanes) is 1. The maximum Gasteiger partial charge on any atom is 0.191 e. The summed E-state index contributed by atoms with van der Waals surface area (Å²) < 4.78 is 11.1. The van der Waals surface area contributed by atoms with Gasteiger partial charge < -0.3 is 25.0 Å². The normalized spacial score (nSPS) is 15.8. The van der Waals surface area contributed by atoms with Crippen molar-refractivity contribution in [3.05, 3.63) is 29.8 Å². The first-order valence-corrected chi connectivity index (χ1v) is 10.2. The number of halogens is 1. The maximum atomic E-state index is 5.77. The number of hydrogen-bond donors (Lipinski definition) is 2. The summed E-state index contributed by atoms with van der Waals surface area (Å²) in [6.45, 7) is 7.74. The number of hydrogen-bond acceptors (Lipinski definition) is 4. The van der Waals surface area contributed by atoms with E-state index in [-0.39, 0.29) is 24.0 Å². The molecule has 6 nitrogen and oxygen atoms in total. The zero-order valence-electron chi connectivity index (χ0n) is 17.6. The number of guanidine groups is 1. The third kappa shape index (κ3) is 8.96. The molecule has 0 aromatic heterocycles. The smallest absolute Gasteiger partial charge is 0.191 e. The molecule has 1 fully saturated rings. The molecule has 28 heavy (non-hydrogen) atoms. The van der Waals surface area contributed by atoms with Crippen molar-refractivity contribution in [3.63, 3.8) is 0 Å². The van der Waals surface area contributed by atoms with Crippen molar-refractivity contribution in [2.45, 2.75) is 45.3 Å². The van der Waals surface area contributed by atoms with Gasteiger partial charge in [-0.05, 0) is 31.9 Å². The summed E-state index contributed by atoms with van der Waals surface area (Å²) in [5.41, 5.74) is 1.07. The van der Waals surface area contributed by atoms with Gasteiger partial charge in [-0.15, -0.1) is 24.0 Å². The van der Waals surface area contributed by atoms with Crippen molar-refractivity contribution < 1.29 is 9.47 Å². The average Bonchev–Trinajstić information content (AvgIpc) is 2.72. The van der Waals surface area contributed by atoms with E-state index in [0.717, 1.165) is 23.8 Å². The summed E-state index contributed by atoms with van der Waals surface area (Å²) in [5, 5.41) is 6.89. The molecule has 1 aliphatic rings. The fourth-order valence-electron chi connectivity index (χ4n) is 3.32. The number of piperidine rings is 1. The van der Waals surface area contributed by atoms with E-state index in [9.17, 15) is 0 Å². The molecule has 2 rings (SSSR count). The highest BCUT2D eigenvalue weighted by Crippen LogP contribution is 2.17. The van der Waals surface area contributed by atoms with E-state index in [1.54, 1.807) is 7.11 Å². The Balaban J connectivity index is 0.00000392. The summed E-state index contributed by atoms with van der Waals surface area (Å²) in [7, 11) is 3.51. The Morgan fingerprint density at radius 2 is 2.00 bits per heavy atom. The van der Waals surface area contributed by atoms with Crippen LogP contribution in [0, 0.1) is 0 Å². The van der Waals surface area contributed by atoms with Gasteiger partial charge >= 0.3 is 0 Å². The minimum Gasteiger partial charge on any atom is -0.496 e. The van der Waals surface area contributed by atoms with Crippen molar-refractivity contribution >= 4 is 29.9 Å². The van der Waals surface area contributed by atoms with Crippen molar-refractivity contribution in [3.8, 4) is 5.75 Å². The Bertz CT molecular complexity index is 563. The molecule has 0 spiro atoms. The Hall–Kier alpha value is -1.06. The van der Waals surface area contributed by atoms with Crippen molar-refractivity contribution in [2.75, 3.05) is 46.9 Å². The number of methoxy groups -OCH3 is 1. The lowest BCUT2D eigenvalue weighted by molar-refractivity contribution is 0.123. The lowest BCUT2D eigenvalue weighted by Gasteiger charge is -2.33. The molecule has 7 heteroatoms. The molecule has 0 unspecified atom stereocenters. The van der Waals surface area contributed by atoms with Crippen LogP contribution in [0.5, 0.6) is 5.75 Å². The van der Waals surface area contributed by atoms with Gasteiger partial charge in [-0.1, -0.05) is 31.5 Å². The quantitative estimate of drug-likeness (QED) is 0.222. The van der Waals surface area contributed by atoms with Crippen LogP contribution in [0.3, 0.4) is 0 Å². The maximum absolute atomic E-state index is 5.77. The van der Waals surface area contributed by atoms with Gasteiger partial charge in [-0.2, -0.15) is 0 Å². The minimum atomic E-state index is 0. The molecule has 160 valence electrons. The Morgan fingerprint density at radius 1 is 1.25 bits per heavy atom. The molecule has 0 aliphatic carbocycles. The summed E-state index contributed by atoms with van der Waals surface area (Å²) in [6.07, 6.45) is 4.92. The molecule has 1 aromatic rings. The SMILES string of the molecule is CCCCN1CCC(NC(=NC)NCCOCc2ccccc2OC)CC1.I. The second kappa shape index (κ2) is 14.9. The van der Waals surface area contributed by atoms with Gasteiger partial charge in [0.25, 0.3) is 0 Å². The van der Waals surface area contributed by atoms with Crippen LogP contribution in [0.4, 0.5) is 0 Å². The molecular formula is C21H37IN4O2. The van der Waals surface area contributed by atoms with Crippen LogP contribution in [0.1, 0.15) is 38.2 Å². The largest absolute Gasteiger partial charge is 0.496 e. The summed E-state index contributed by atoms with van der Waals surface area (Å²) >= 11 is 0. The molecule has 0 radical (unpaired) electrons. The van der Waals surface area contributed by atoms with E-state index in [0.29, 0.717) is 19.3 Å². The average molecular weight is 504 g/mol. The minimum absolute atomic E-state index is 0. The molecular weight excluding hydrogens is 467 g/mol. The number of para-hydroxylation sites is 1. The Labute approximate surface area is 187 Å². The molecule has 1 aromatic carbocycles. The summed E-state index contributed by atoms with van der Waals surface area (Å²) in [4.78, 5) is 6.91. The van der Waals surface area contributed by atoms with Crippen LogP contribution in [0.15, 0.2) is 29.3 Å². The highest BCUT2D eigenvalue weighted by Gasteiger charge is 2.19. The highest BCUT2D eigenvalue weighted by atomic mass is 127. The van der Waals surface area contributed by atoms with Crippen LogP contribution in [-0.4, -0.2) is 63.8 Å². The molecule has 1 aliphatic heterocycles. The van der Waals surface area contributed by atoms with Gasteiger partial charge in [0.1, 0.15) is 5.75 Å². The van der Waals surface area contributed by atoms with Crippen LogP contribution in [0.2, 0.25) is 0 Å². The fraction of sp³-hybridized carbons (Fsp3) is 0.667. The van der Waals surface area contributed by atoms with E-state index in [1.807, 2.05) is 31.3 Å². The molecule has 2 N–H and O–H groups in total. The second-order valence-corrected chi connectivity index (χ2v) is 6.98. The molecule has 0 bridgehead atoms. The number of nitrogens with one attached hydrogen (secondary N) is 2. The van der Waals surface area contributed by atoms with Crippen LogP contribution in [0.25, 0.3) is 0 Å². The van der Waals surface area contributed by atoms with E-state index in [1.165, 1.54) is 45.3 Å². The van der Waals surface area contributed by atoms with Gasteiger partial charge in [0.2, 0.25) is 0 Å². The van der Waals surface area contributed by atoms with Crippen LogP contribution >= 0.6 is 24.0 Å². The standard InChI is InChI=1S/C21H36N4O2.HI/c1-4-5-13-25-14-10-19(11-15-25)24-21(22-2)23-12-16-27-17-18-8-6-7-9-20(18)26-3;/h6-9,19H,4-5,10-17H2,1-3H3,(H2,22,23,24);1H. The first-order chi connectivity index (χ1) is 13.3. The number of ether oxygens (including phenoxy) is 2.